The molecule has 0 aromatic rings. The number of nitriles is 1. The fourth-order valence-corrected chi connectivity index (χ4v) is 3.33. The molecule has 90 valence electrons. The Morgan fingerprint density at radius 3 is 2.88 bits per heavy atom. The van der Waals surface area contributed by atoms with Gasteiger partial charge in [0, 0.05) is 37.0 Å². The van der Waals surface area contributed by atoms with Crippen LogP contribution in [0.3, 0.4) is 0 Å². The largest absolute Gasteiger partial charge is 0.311 e. The molecule has 0 aromatic heterocycles. The molecule has 0 saturated carbocycles. The lowest BCUT2D eigenvalue weighted by atomic mass is 9.75. The zero-order valence-corrected chi connectivity index (χ0v) is 10.5. The Labute approximate surface area is 98.8 Å². The summed E-state index contributed by atoms with van der Waals surface area (Å²) in [6, 6.07) is 2.99. The van der Waals surface area contributed by atoms with E-state index in [0.717, 1.165) is 13.1 Å². The molecule has 3 nitrogen and oxygen atoms in total. The van der Waals surface area contributed by atoms with Gasteiger partial charge in [0.05, 0.1) is 6.07 Å². The lowest BCUT2D eigenvalue weighted by Gasteiger charge is -2.47. The molecule has 2 aliphatic heterocycles. The minimum absolute atomic E-state index is 0.293. The Balaban J connectivity index is 2.08. The summed E-state index contributed by atoms with van der Waals surface area (Å²) in [6.07, 6.45) is 4.47. The maximum absolute atomic E-state index is 8.99. The Kier molecular flexibility index (Phi) is 3.51. The monoisotopic (exact) mass is 221 g/mol. The second kappa shape index (κ2) is 4.73. The van der Waals surface area contributed by atoms with Crippen LogP contribution in [0.4, 0.5) is 0 Å². The summed E-state index contributed by atoms with van der Waals surface area (Å²) in [6.45, 7) is 7.93. The van der Waals surface area contributed by atoms with Crippen LogP contribution < -0.4 is 5.32 Å². The third-order valence-electron chi connectivity index (χ3n) is 4.43. The van der Waals surface area contributed by atoms with Gasteiger partial charge in [-0.1, -0.05) is 0 Å². The van der Waals surface area contributed by atoms with Crippen LogP contribution in [0.1, 0.15) is 39.5 Å². The molecule has 0 aliphatic carbocycles. The van der Waals surface area contributed by atoms with E-state index in [0.29, 0.717) is 23.9 Å². The van der Waals surface area contributed by atoms with Crippen molar-refractivity contribution in [2.24, 2.45) is 5.92 Å². The quantitative estimate of drug-likeness (QED) is 0.772. The van der Waals surface area contributed by atoms with Gasteiger partial charge < -0.3 is 10.2 Å². The third-order valence-corrected chi connectivity index (χ3v) is 4.43. The summed E-state index contributed by atoms with van der Waals surface area (Å²) in [5.74, 6) is 0.524. The highest BCUT2D eigenvalue weighted by Crippen LogP contribution is 2.37. The average molecular weight is 221 g/mol. The van der Waals surface area contributed by atoms with E-state index < -0.39 is 0 Å². The molecule has 2 rings (SSSR count). The van der Waals surface area contributed by atoms with Gasteiger partial charge in [0.2, 0.25) is 0 Å². The Hall–Kier alpha value is -0.590. The first-order valence-electron chi connectivity index (χ1n) is 6.54. The van der Waals surface area contributed by atoms with Crippen LogP contribution in [0.25, 0.3) is 0 Å². The average Bonchev–Trinajstić information content (AvgIpc) is 2.71. The van der Waals surface area contributed by atoms with Crippen molar-refractivity contribution in [3.8, 4) is 6.07 Å². The summed E-state index contributed by atoms with van der Waals surface area (Å²) in [5, 5.41) is 12.7. The predicted molar refractivity (Wildman–Crippen MR) is 65.0 cm³/mol. The molecule has 2 aliphatic rings. The summed E-state index contributed by atoms with van der Waals surface area (Å²) in [4.78, 5) is 2.52. The van der Waals surface area contributed by atoms with Gasteiger partial charge in [0.15, 0.2) is 0 Å². The fourth-order valence-electron chi connectivity index (χ4n) is 3.33. The standard InChI is InChI=1S/C13H23N3/c1-11(2)16-9-6-13(5-3-8-15-13)12(10-16)4-7-14/h11-12,15H,3-6,8-10H2,1-2H3/t12-,13?/m0/s1. The molecule has 0 aromatic carbocycles. The van der Waals surface area contributed by atoms with Crippen molar-refractivity contribution in [3.05, 3.63) is 0 Å². The summed E-state index contributed by atoms with van der Waals surface area (Å²) in [5.41, 5.74) is 0.293. The second-order valence-corrected chi connectivity index (χ2v) is 5.58. The lowest BCUT2D eigenvalue weighted by Crippen LogP contribution is -2.58. The highest BCUT2D eigenvalue weighted by molar-refractivity contribution is 5.05. The topological polar surface area (TPSA) is 39.1 Å². The summed E-state index contributed by atoms with van der Waals surface area (Å²) >= 11 is 0. The van der Waals surface area contributed by atoms with Crippen molar-refractivity contribution < 1.29 is 0 Å². The van der Waals surface area contributed by atoms with Crippen LogP contribution in [0.15, 0.2) is 0 Å². The zero-order valence-electron chi connectivity index (χ0n) is 10.5. The van der Waals surface area contributed by atoms with Gasteiger partial charge in [-0.25, -0.2) is 0 Å². The Morgan fingerprint density at radius 1 is 1.50 bits per heavy atom. The molecule has 1 N–H and O–H groups in total. The minimum atomic E-state index is 0.293. The number of nitrogens with zero attached hydrogens (tertiary/aromatic N) is 2. The van der Waals surface area contributed by atoms with Gasteiger partial charge in [-0.05, 0) is 39.7 Å². The lowest BCUT2D eigenvalue weighted by molar-refractivity contribution is 0.0633. The number of likely N-dealkylation sites (tertiary alicyclic amines) is 1. The van der Waals surface area contributed by atoms with Gasteiger partial charge in [-0.15, -0.1) is 0 Å². The highest BCUT2D eigenvalue weighted by Gasteiger charge is 2.44. The molecule has 0 bridgehead atoms. The van der Waals surface area contributed by atoms with Crippen LogP contribution in [-0.4, -0.2) is 36.1 Å². The van der Waals surface area contributed by atoms with E-state index >= 15 is 0 Å². The molecule has 3 heteroatoms. The number of hydrogen-bond donors (Lipinski definition) is 1. The number of piperidine rings is 1. The molecule has 2 fully saturated rings. The molecular weight excluding hydrogens is 198 g/mol. The second-order valence-electron chi connectivity index (χ2n) is 5.58. The van der Waals surface area contributed by atoms with E-state index in [9.17, 15) is 0 Å². The number of rotatable bonds is 2. The van der Waals surface area contributed by atoms with Crippen molar-refractivity contribution in [3.63, 3.8) is 0 Å². The van der Waals surface area contributed by atoms with Gasteiger partial charge in [0.1, 0.15) is 0 Å². The van der Waals surface area contributed by atoms with Crippen LogP contribution in [0.2, 0.25) is 0 Å². The Bertz CT molecular complexity index is 273. The first kappa shape index (κ1) is 11.9. The van der Waals surface area contributed by atoms with E-state index in [1.54, 1.807) is 0 Å². The van der Waals surface area contributed by atoms with E-state index in [-0.39, 0.29) is 0 Å². The fraction of sp³-hybridized carbons (Fsp3) is 0.923. The van der Waals surface area contributed by atoms with Gasteiger partial charge in [0.25, 0.3) is 0 Å². The first-order valence-corrected chi connectivity index (χ1v) is 6.54. The van der Waals surface area contributed by atoms with Crippen LogP contribution in [-0.2, 0) is 0 Å². The van der Waals surface area contributed by atoms with Crippen molar-refractivity contribution in [2.45, 2.75) is 51.1 Å². The summed E-state index contributed by atoms with van der Waals surface area (Å²) in [7, 11) is 0. The molecule has 0 radical (unpaired) electrons. The third kappa shape index (κ3) is 2.09. The SMILES string of the molecule is CC(C)N1CCC2(CCCN2)[C@@H](CC#N)C1. The van der Waals surface area contributed by atoms with Gasteiger partial charge in [-0.2, -0.15) is 5.26 Å². The van der Waals surface area contributed by atoms with E-state index in [1.807, 2.05) is 0 Å². The van der Waals surface area contributed by atoms with Gasteiger partial charge in [-0.3, -0.25) is 0 Å². The van der Waals surface area contributed by atoms with E-state index in [4.69, 9.17) is 5.26 Å². The molecular formula is C13H23N3. The summed E-state index contributed by atoms with van der Waals surface area (Å²) < 4.78 is 0. The maximum atomic E-state index is 8.99. The molecule has 1 unspecified atom stereocenters. The van der Waals surface area contributed by atoms with Crippen LogP contribution in [0.5, 0.6) is 0 Å². The molecule has 2 heterocycles. The smallest absolute Gasteiger partial charge is 0.0625 e. The predicted octanol–water partition coefficient (Wildman–Crippen LogP) is 1.75. The first-order chi connectivity index (χ1) is 7.68. The van der Waals surface area contributed by atoms with Crippen LogP contribution >= 0.6 is 0 Å². The molecule has 0 amide bonds. The molecule has 2 atom stereocenters. The Morgan fingerprint density at radius 2 is 2.31 bits per heavy atom. The number of nitrogens with one attached hydrogen (secondary N) is 1. The number of hydrogen-bond acceptors (Lipinski definition) is 3. The van der Waals surface area contributed by atoms with Crippen molar-refractivity contribution >= 4 is 0 Å². The maximum Gasteiger partial charge on any atom is 0.0625 e. The molecule has 1 spiro atoms. The van der Waals surface area contributed by atoms with E-state index in [2.05, 4.69) is 30.1 Å². The molecule has 2 saturated heterocycles. The van der Waals surface area contributed by atoms with Crippen LogP contribution in [0, 0.1) is 17.2 Å². The molecule has 16 heavy (non-hydrogen) atoms. The normalized spacial score (nSPS) is 35.8. The zero-order chi connectivity index (χ0) is 11.6. The minimum Gasteiger partial charge on any atom is -0.311 e. The van der Waals surface area contributed by atoms with Crippen molar-refractivity contribution in [1.82, 2.24) is 10.2 Å². The van der Waals surface area contributed by atoms with Crippen molar-refractivity contribution in [2.75, 3.05) is 19.6 Å². The highest BCUT2D eigenvalue weighted by atomic mass is 15.2. The van der Waals surface area contributed by atoms with Gasteiger partial charge >= 0.3 is 0 Å². The van der Waals surface area contributed by atoms with Crippen molar-refractivity contribution in [1.29, 1.82) is 5.26 Å². The van der Waals surface area contributed by atoms with E-state index in [1.165, 1.54) is 25.8 Å².